The quantitative estimate of drug-likeness (QED) is 0.186. The van der Waals surface area contributed by atoms with Crippen LogP contribution in [0.5, 0.6) is 0 Å². The molecule has 23 heavy (non-hydrogen) atoms. The predicted molar refractivity (Wildman–Crippen MR) is 104 cm³/mol. The Bertz CT molecular complexity index is 530. The van der Waals surface area contributed by atoms with Crippen LogP contribution >= 0.6 is 24.0 Å². The maximum absolute atomic E-state index is 10.9. The van der Waals surface area contributed by atoms with Gasteiger partial charge < -0.3 is 16.0 Å². The average Bonchev–Trinajstić information content (AvgIpc) is 2.81. The van der Waals surface area contributed by atoms with Gasteiger partial charge in [-0.15, -0.1) is 24.0 Å². The maximum atomic E-state index is 10.9. The molecule has 1 aromatic carbocycles. The topological polar surface area (TPSA) is 96.8 Å². The SMILES string of the molecule is I.NC(=NCCNc1ccccc1[N+](=O)[O-])N1CCCCCC1. The molecular formula is C15H24IN5O2. The number of para-hydroxylation sites is 2. The first-order chi connectivity index (χ1) is 10.7. The number of rotatable bonds is 5. The summed E-state index contributed by atoms with van der Waals surface area (Å²) in [4.78, 5) is 17.0. The van der Waals surface area contributed by atoms with Crippen molar-refractivity contribution in [1.29, 1.82) is 0 Å². The summed E-state index contributed by atoms with van der Waals surface area (Å²) in [5.74, 6) is 0.575. The lowest BCUT2D eigenvalue weighted by atomic mass is 10.2. The molecule has 1 fully saturated rings. The van der Waals surface area contributed by atoms with Gasteiger partial charge in [0, 0.05) is 25.7 Å². The monoisotopic (exact) mass is 433 g/mol. The van der Waals surface area contributed by atoms with Gasteiger partial charge in [-0.2, -0.15) is 0 Å². The molecule has 1 saturated heterocycles. The van der Waals surface area contributed by atoms with Crippen LogP contribution in [0, 0.1) is 10.1 Å². The Balaban J connectivity index is 0.00000264. The van der Waals surface area contributed by atoms with E-state index < -0.39 is 4.92 Å². The lowest BCUT2D eigenvalue weighted by Gasteiger charge is -2.21. The fraction of sp³-hybridized carbons (Fsp3) is 0.533. The van der Waals surface area contributed by atoms with Crippen molar-refractivity contribution in [2.45, 2.75) is 25.7 Å². The van der Waals surface area contributed by atoms with Crippen LogP contribution < -0.4 is 11.1 Å². The second kappa shape index (κ2) is 10.2. The minimum absolute atomic E-state index is 0. The van der Waals surface area contributed by atoms with Crippen LogP contribution in [-0.2, 0) is 0 Å². The second-order valence-electron chi connectivity index (χ2n) is 5.34. The molecule has 1 aliphatic heterocycles. The van der Waals surface area contributed by atoms with E-state index in [2.05, 4.69) is 15.2 Å². The Morgan fingerprint density at radius 3 is 2.57 bits per heavy atom. The number of guanidine groups is 1. The summed E-state index contributed by atoms with van der Waals surface area (Å²) >= 11 is 0. The molecular weight excluding hydrogens is 409 g/mol. The first-order valence-electron chi connectivity index (χ1n) is 7.70. The van der Waals surface area contributed by atoms with E-state index in [0.717, 1.165) is 25.9 Å². The van der Waals surface area contributed by atoms with Crippen molar-refractivity contribution in [3.8, 4) is 0 Å². The van der Waals surface area contributed by atoms with Crippen LogP contribution in [-0.4, -0.2) is 42.0 Å². The number of hydrogen-bond donors (Lipinski definition) is 2. The molecule has 0 radical (unpaired) electrons. The van der Waals surface area contributed by atoms with Gasteiger partial charge in [-0.25, -0.2) is 0 Å². The van der Waals surface area contributed by atoms with Gasteiger partial charge in [0.2, 0.25) is 0 Å². The highest BCUT2D eigenvalue weighted by Gasteiger charge is 2.12. The molecule has 1 aliphatic rings. The molecule has 2 rings (SSSR count). The van der Waals surface area contributed by atoms with Crippen molar-refractivity contribution in [2.75, 3.05) is 31.5 Å². The van der Waals surface area contributed by atoms with E-state index in [1.165, 1.54) is 18.9 Å². The number of aliphatic imine (C=N–C) groups is 1. The summed E-state index contributed by atoms with van der Waals surface area (Å²) in [6.45, 7) is 2.94. The highest BCUT2D eigenvalue weighted by Crippen LogP contribution is 2.22. The molecule has 1 aromatic rings. The highest BCUT2D eigenvalue weighted by molar-refractivity contribution is 14.0. The highest BCUT2D eigenvalue weighted by atomic mass is 127. The number of nitrogens with one attached hydrogen (secondary N) is 1. The number of hydrogen-bond acceptors (Lipinski definition) is 4. The Morgan fingerprint density at radius 1 is 1.26 bits per heavy atom. The lowest BCUT2D eigenvalue weighted by molar-refractivity contribution is -0.384. The first-order valence-corrected chi connectivity index (χ1v) is 7.70. The Kier molecular flexibility index (Phi) is 8.67. The fourth-order valence-corrected chi connectivity index (χ4v) is 2.54. The Morgan fingerprint density at radius 2 is 1.91 bits per heavy atom. The average molecular weight is 433 g/mol. The fourth-order valence-electron chi connectivity index (χ4n) is 2.54. The van der Waals surface area contributed by atoms with Crippen LogP contribution in [0.2, 0.25) is 0 Å². The molecule has 7 nitrogen and oxygen atoms in total. The Labute approximate surface area is 153 Å². The van der Waals surface area contributed by atoms with Crippen LogP contribution in [0.4, 0.5) is 11.4 Å². The molecule has 0 bridgehead atoms. The van der Waals surface area contributed by atoms with Crippen molar-refractivity contribution >= 4 is 41.3 Å². The minimum atomic E-state index is -0.392. The van der Waals surface area contributed by atoms with Gasteiger partial charge >= 0.3 is 0 Å². The number of benzene rings is 1. The smallest absolute Gasteiger partial charge is 0.292 e. The third-order valence-corrected chi connectivity index (χ3v) is 3.73. The van der Waals surface area contributed by atoms with E-state index >= 15 is 0 Å². The van der Waals surface area contributed by atoms with Crippen LogP contribution in [0.1, 0.15) is 25.7 Å². The first kappa shape index (κ1) is 19.5. The summed E-state index contributed by atoms with van der Waals surface area (Å²) in [6.07, 6.45) is 4.82. The minimum Gasteiger partial charge on any atom is -0.378 e. The number of likely N-dealkylation sites (tertiary alicyclic amines) is 1. The summed E-state index contributed by atoms with van der Waals surface area (Å²) in [5, 5.41) is 14.0. The van der Waals surface area contributed by atoms with E-state index in [9.17, 15) is 10.1 Å². The number of nitrogens with two attached hydrogens (primary N) is 1. The van der Waals surface area contributed by atoms with E-state index in [0.29, 0.717) is 24.7 Å². The second-order valence-corrected chi connectivity index (χ2v) is 5.34. The van der Waals surface area contributed by atoms with Gasteiger partial charge in [0.05, 0.1) is 11.5 Å². The summed E-state index contributed by atoms with van der Waals surface area (Å²) in [7, 11) is 0. The zero-order chi connectivity index (χ0) is 15.8. The molecule has 0 amide bonds. The van der Waals surface area contributed by atoms with E-state index in [4.69, 9.17) is 5.73 Å². The molecule has 1 heterocycles. The molecule has 0 unspecified atom stereocenters. The third kappa shape index (κ3) is 6.20. The molecule has 0 atom stereocenters. The number of nitrogens with zero attached hydrogens (tertiary/aromatic N) is 3. The van der Waals surface area contributed by atoms with E-state index in [1.54, 1.807) is 18.2 Å². The van der Waals surface area contributed by atoms with Crippen LogP contribution in [0.25, 0.3) is 0 Å². The zero-order valence-electron chi connectivity index (χ0n) is 13.1. The van der Waals surface area contributed by atoms with Crippen molar-refractivity contribution in [3.05, 3.63) is 34.4 Å². The largest absolute Gasteiger partial charge is 0.378 e. The van der Waals surface area contributed by atoms with Crippen molar-refractivity contribution in [1.82, 2.24) is 4.90 Å². The lowest BCUT2D eigenvalue weighted by Crippen LogP contribution is -2.38. The van der Waals surface area contributed by atoms with Gasteiger partial charge in [0.15, 0.2) is 5.96 Å². The van der Waals surface area contributed by atoms with Gasteiger partial charge in [-0.1, -0.05) is 25.0 Å². The molecule has 0 spiro atoms. The number of nitro groups is 1. The van der Waals surface area contributed by atoms with E-state index in [-0.39, 0.29) is 29.7 Å². The zero-order valence-corrected chi connectivity index (χ0v) is 15.4. The number of anilines is 1. The van der Waals surface area contributed by atoms with Crippen molar-refractivity contribution < 1.29 is 4.92 Å². The van der Waals surface area contributed by atoms with Gasteiger partial charge in [0.25, 0.3) is 5.69 Å². The van der Waals surface area contributed by atoms with Crippen molar-refractivity contribution in [2.24, 2.45) is 10.7 Å². The summed E-state index contributed by atoms with van der Waals surface area (Å²) < 4.78 is 0. The van der Waals surface area contributed by atoms with E-state index in [1.807, 2.05) is 0 Å². The normalized spacial score (nSPS) is 15.5. The molecule has 8 heteroatoms. The third-order valence-electron chi connectivity index (χ3n) is 3.73. The van der Waals surface area contributed by atoms with Crippen LogP contribution in [0.3, 0.4) is 0 Å². The molecule has 3 N–H and O–H groups in total. The standard InChI is InChI=1S/C15H23N5O2.HI/c16-15(19-11-5-1-2-6-12-19)18-10-9-17-13-7-3-4-8-14(13)20(21)22;/h3-4,7-8,17H,1-2,5-6,9-12H2,(H2,16,18);1H. The molecule has 0 aliphatic carbocycles. The summed E-state index contributed by atoms with van der Waals surface area (Å²) in [6, 6.07) is 6.60. The van der Waals surface area contributed by atoms with Crippen LogP contribution in [0.15, 0.2) is 29.3 Å². The number of nitro benzene ring substituents is 1. The molecule has 0 aromatic heterocycles. The Hall–Kier alpha value is -1.58. The van der Waals surface area contributed by atoms with Gasteiger partial charge in [-0.3, -0.25) is 15.1 Å². The maximum Gasteiger partial charge on any atom is 0.292 e. The predicted octanol–water partition coefficient (Wildman–Crippen LogP) is 2.82. The number of halogens is 1. The van der Waals surface area contributed by atoms with Gasteiger partial charge in [0.1, 0.15) is 5.69 Å². The molecule has 128 valence electrons. The van der Waals surface area contributed by atoms with Crippen molar-refractivity contribution in [3.63, 3.8) is 0 Å². The van der Waals surface area contributed by atoms with Gasteiger partial charge in [-0.05, 0) is 18.9 Å². The molecule has 0 saturated carbocycles. The summed E-state index contributed by atoms with van der Waals surface area (Å²) in [5.41, 5.74) is 6.60.